The molecule has 1 aliphatic rings. The van der Waals surface area contributed by atoms with E-state index in [4.69, 9.17) is 19.3 Å². The molecule has 0 bridgehead atoms. The maximum absolute atomic E-state index is 5.37. The average molecular weight is 180 g/mol. The fraction of sp³-hybridized carbons (Fsp3) is 0.0833. The molecule has 1 rings (SSSR count). The van der Waals surface area contributed by atoms with Crippen LogP contribution in [0.1, 0.15) is 0 Å². The lowest BCUT2D eigenvalue weighted by atomic mass is 9.95. The van der Waals surface area contributed by atoms with Gasteiger partial charge in [-0.3, -0.25) is 0 Å². The molecule has 0 N–H and O–H groups in total. The van der Waals surface area contributed by atoms with E-state index in [2.05, 4.69) is 17.4 Å². The van der Waals surface area contributed by atoms with Crippen molar-refractivity contribution in [1.29, 1.82) is 0 Å². The summed E-state index contributed by atoms with van der Waals surface area (Å²) in [5, 5.41) is 1.06. The fourth-order valence-electron chi connectivity index (χ4n) is 1.16. The first kappa shape index (κ1) is 9.34. The normalized spacial score (nSPS) is 22.7. The molecule has 0 nitrogen and oxygen atoms in total. The van der Waals surface area contributed by atoms with E-state index in [1.807, 2.05) is 18.2 Å². The molecule has 0 spiro atoms. The molecule has 0 fully saturated rings. The van der Waals surface area contributed by atoms with E-state index in [9.17, 15) is 0 Å². The Labute approximate surface area is 81.2 Å². The van der Waals surface area contributed by atoms with Gasteiger partial charge >= 0.3 is 0 Å². The van der Waals surface area contributed by atoms with Crippen LogP contribution in [0.2, 0.25) is 0 Å². The second-order valence-electron chi connectivity index (χ2n) is 2.52. The third kappa shape index (κ3) is 1.88. The van der Waals surface area contributed by atoms with Crippen LogP contribution in [-0.4, -0.2) is 14.3 Å². The minimum Gasteiger partial charge on any atom is -0.123 e. The van der Waals surface area contributed by atoms with Crippen molar-refractivity contribution in [2.45, 2.75) is 0 Å². The zero-order valence-electron chi connectivity index (χ0n) is 7.12. The van der Waals surface area contributed by atoms with Crippen LogP contribution in [0.5, 0.6) is 0 Å². The lowest BCUT2D eigenvalue weighted by Crippen LogP contribution is -2.18. The minimum absolute atomic E-state index is 0.00194. The van der Waals surface area contributed by atoms with Crippen molar-refractivity contribution in [3.8, 4) is 36.7 Å². The highest BCUT2D eigenvalue weighted by atomic mass is 28.2. The standard InChI is InChI=1S/C12H8Si/c1-4-10-8-7-9-11(5-2)12(10)13-6-3/h1-3,7-10,13H. The van der Waals surface area contributed by atoms with Gasteiger partial charge in [-0.15, -0.1) is 24.8 Å². The zero-order chi connectivity index (χ0) is 9.68. The predicted octanol–water partition coefficient (Wildman–Crippen LogP) is 0.565. The number of terminal acetylenes is 3. The monoisotopic (exact) mass is 180 g/mol. The van der Waals surface area contributed by atoms with Gasteiger partial charge < -0.3 is 0 Å². The second-order valence-corrected chi connectivity index (χ2v) is 3.76. The van der Waals surface area contributed by atoms with E-state index in [1.165, 1.54) is 0 Å². The van der Waals surface area contributed by atoms with Gasteiger partial charge in [-0.05, 0) is 11.2 Å². The Kier molecular flexibility index (Phi) is 3.10. The predicted molar refractivity (Wildman–Crippen MR) is 59.4 cm³/mol. The molecule has 60 valence electrons. The van der Waals surface area contributed by atoms with Crippen LogP contribution < -0.4 is 0 Å². The summed E-state index contributed by atoms with van der Waals surface area (Å²) in [7, 11) is -0.211. The molecule has 1 aliphatic carbocycles. The Bertz CT molecular complexity index is 414. The topological polar surface area (TPSA) is 0 Å². The van der Waals surface area contributed by atoms with Crippen molar-refractivity contribution in [3.63, 3.8) is 0 Å². The Morgan fingerprint density at radius 1 is 1.31 bits per heavy atom. The number of hydrogen-bond donors (Lipinski definition) is 0. The highest BCUT2D eigenvalue weighted by Gasteiger charge is 2.13. The maximum Gasteiger partial charge on any atom is 0.0930 e. The molecular formula is C12H8Si. The first-order chi connectivity index (χ1) is 6.33. The van der Waals surface area contributed by atoms with Gasteiger partial charge in [0.25, 0.3) is 0 Å². The van der Waals surface area contributed by atoms with Gasteiger partial charge in [-0.25, -0.2) is 0 Å². The van der Waals surface area contributed by atoms with Gasteiger partial charge in [0.15, 0.2) is 0 Å². The molecular weight excluding hydrogens is 172 g/mol. The summed E-state index contributed by atoms with van der Waals surface area (Å²) in [5.41, 5.74) is 3.51. The Balaban J connectivity index is 3.17. The lowest BCUT2D eigenvalue weighted by Gasteiger charge is -2.13. The molecule has 0 amide bonds. The summed E-state index contributed by atoms with van der Waals surface area (Å²) in [6.07, 6.45) is 21.7. The van der Waals surface area contributed by atoms with E-state index in [1.54, 1.807) is 0 Å². The Hall–Kier alpha value is -1.75. The smallest absolute Gasteiger partial charge is 0.0930 e. The Morgan fingerprint density at radius 2 is 2.08 bits per heavy atom. The molecule has 0 saturated carbocycles. The summed E-state index contributed by atoms with van der Waals surface area (Å²) < 4.78 is 0. The summed E-state index contributed by atoms with van der Waals surface area (Å²) >= 11 is 0. The first-order valence-corrected chi connectivity index (χ1v) is 4.96. The summed E-state index contributed by atoms with van der Waals surface area (Å²) in [5.74, 6) is 5.28. The minimum atomic E-state index is -0.211. The number of allylic oxidation sites excluding steroid dienone is 4. The molecule has 13 heavy (non-hydrogen) atoms. The zero-order valence-corrected chi connectivity index (χ0v) is 8.27. The van der Waals surface area contributed by atoms with Crippen molar-refractivity contribution in [2.24, 2.45) is 5.92 Å². The molecule has 1 heteroatoms. The van der Waals surface area contributed by atoms with Crippen molar-refractivity contribution in [3.05, 3.63) is 23.8 Å². The van der Waals surface area contributed by atoms with Crippen LogP contribution in [-0.2, 0) is 0 Å². The molecule has 0 aromatic heterocycles. The fourth-order valence-corrected chi connectivity index (χ4v) is 2.07. The van der Waals surface area contributed by atoms with Crippen LogP contribution in [0.15, 0.2) is 23.8 Å². The maximum atomic E-state index is 5.37. The van der Waals surface area contributed by atoms with Gasteiger partial charge in [0, 0.05) is 5.57 Å². The number of hydrogen-bond acceptors (Lipinski definition) is 0. The largest absolute Gasteiger partial charge is 0.123 e. The van der Waals surface area contributed by atoms with Crippen LogP contribution in [0, 0.1) is 42.6 Å². The second kappa shape index (κ2) is 4.32. The molecule has 0 aliphatic heterocycles. The van der Waals surface area contributed by atoms with Crippen molar-refractivity contribution in [2.75, 3.05) is 0 Å². The third-order valence-electron chi connectivity index (χ3n) is 1.79. The average Bonchev–Trinajstić information content (AvgIpc) is 2.18. The van der Waals surface area contributed by atoms with Gasteiger partial charge in [-0.2, -0.15) is 0 Å². The third-order valence-corrected chi connectivity index (χ3v) is 2.93. The van der Waals surface area contributed by atoms with Gasteiger partial charge in [0.05, 0.1) is 15.0 Å². The SMILES string of the molecule is C#C[SiH]=C1C(C#C)=CC=CC1C#C. The highest BCUT2D eigenvalue weighted by molar-refractivity contribution is 6.65. The van der Waals surface area contributed by atoms with Crippen LogP contribution in [0.4, 0.5) is 0 Å². The molecule has 0 saturated heterocycles. The van der Waals surface area contributed by atoms with Crippen LogP contribution >= 0.6 is 0 Å². The molecule has 0 heterocycles. The number of rotatable bonds is 0. The van der Waals surface area contributed by atoms with E-state index < -0.39 is 0 Å². The van der Waals surface area contributed by atoms with Crippen LogP contribution in [0.3, 0.4) is 0 Å². The highest BCUT2D eigenvalue weighted by Crippen LogP contribution is 2.13. The van der Waals surface area contributed by atoms with E-state index in [0.717, 1.165) is 10.7 Å². The van der Waals surface area contributed by atoms with Gasteiger partial charge in [0.2, 0.25) is 0 Å². The van der Waals surface area contributed by atoms with Gasteiger partial charge in [-0.1, -0.05) is 24.0 Å². The molecule has 0 radical (unpaired) electrons. The van der Waals surface area contributed by atoms with E-state index in [0.29, 0.717) is 0 Å². The molecule has 1 atom stereocenters. The summed E-state index contributed by atoms with van der Waals surface area (Å²) in [4.78, 5) is 0. The van der Waals surface area contributed by atoms with Crippen molar-refractivity contribution in [1.82, 2.24) is 0 Å². The molecule has 0 aromatic rings. The molecule has 0 aromatic carbocycles. The molecule has 1 unspecified atom stereocenters. The van der Waals surface area contributed by atoms with E-state index in [-0.39, 0.29) is 15.0 Å². The summed E-state index contributed by atoms with van der Waals surface area (Å²) in [6.45, 7) is 0. The Morgan fingerprint density at radius 3 is 2.62 bits per heavy atom. The van der Waals surface area contributed by atoms with Crippen LogP contribution in [0.25, 0.3) is 0 Å². The quantitative estimate of drug-likeness (QED) is 0.377. The van der Waals surface area contributed by atoms with Crippen molar-refractivity contribution >= 4 is 14.3 Å². The summed E-state index contributed by atoms with van der Waals surface area (Å²) in [6, 6.07) is 0. The van der Waals surface area contributed by atoms with Gasteiger partial charge in [0.1, 0.15) is 0 Å². The van der Waals surface area contributed by atoms with E-state index >= 15 is 0 Å². The lowest BCUT2D eigenvalue weighted by molar-refractivity contribution is 1.20. The van der Waals surface area contributed by atoms with Crippen molar-refractivity contribution < 1.29 is 0 Å². The first-order valence-electron chi connectivity index (χ1n) is 3.81.